The molecule has 28 heavy (non-hydrogen) atoms. The number of methoxy groups -OCH3 is 2. The Morgan fingerprint density at radius 2 is 1.07 bits per heavy atom. The molecule has 2 unspecified atom stereocenters. The van der Waals surface area contributed by atoms with E-state index in [1.165, 1.54) is 14.2 Å². The summed E-state index contributed by atoms with van der Waals surface area (Å²) >= 11 is 0. The van der Waals surface area contributed by atoms with Crippen molar-refractivity contribution in [3.63, 3.8) is 0 Å². The van der Waals surface area contributed by atoms with Crippen LogP contribution in [0, 0.1) is 0 Å². The van der Waals surface area contributed by atoms with Crippen LogP contribution in [0.1, 0.15) is 54.4 Å². The Hall–Kier alpha value is -2.20. The largest absolute Gasteiger partial charge is 0.469 e. The van der Waals surface area contributed by atoms with Crippen molar-refractivity contribution in [2.75, 3.05) is 27.4 Å². The number of carbonyl (C=O) groups excluding carboxylic acids is 4. The zero-order valence-corrected chi connectivity index (χ0v) is 18.4. The lowest BCUT2D eigenvalue weighted by Crippen LogP contribution is -2.28. The molecule has 0 aromatic heterocycles. The van der Waals surface area contributed by atoms with Gasteiger partial charge in [-0.3, -0.25) is 19.2 Å². The summed E-state index contributed by atoms with van der Waals surface area (Å²) < 4.78 is 17.6. The number of carbonyl (C=O) groups is 4. The highest BCUT2D eigenvalue weighted by atomic mass is 16.5. The van der Waals surface area contributed by atoms with Crippen LogP contribution in [-0.2, 0) is 38.1 Å². The Morgan fingerprint density at radius 3 is 1.14 bits per heavy atom. The minimum atomic E-state index is -0.495. The van der Waals surface area contributed by atoms with Gasteiger partial charge in [-0.05, 0) is 27.7 Å². The third-order valence-corrected chi connectivity index (χ3v) is 2.34. The van der Waals surface area contributed by atoms with Crippen molar-refractivity contribution in [2.24, 2.45) is 11.5 Å². The van der Waals surface area contributed by atoms with Gasteiger partial charge in [0, 0.05) is 12.8 Å². The van der Waals surface area contributed by atoms with Gasteiger partial charge in [-0.25, -0.2) is 0 Å². The minimum Gasteiger partial charge on any atom is -0.469 e. The van der Waals surface area contributed by atoms with E-state index in [-0.39, 0.29) is 23.9 Å². The second-order valence-electron chi connectivity index (χ2n) is 4.94. The number of ether oxygens (including phenoxy) is 4. The summed E-state index contributed by atoms with van der Waals surface area (Å²) in [5.74, 6) is -0.995. The molecule has 2 atom stereocenters. The van der Waals surface area contributed by atoms with E-state index in [1.54, 1.807) is 41.5 Å². The molecule has 0 aliphatic carbocycles. The predicted molar refractivity (Wildman–Crippen MR) is 105 cm³/mol. The van der Waals surface area contributed by atoms with Crippen LogP contribution < -0.4 is 11.5 Å². The maximum absolute atomic E-state index is 10.4. The summed E-state index contributed by atoms with van der Waals surface area (Å²) in [5, 5.41) is 0. The first-order chi connectivity index (χ1) is 13.0. The summed E-state index contributed by atoms with van der Waals surface area (Å²) in [7, 11) is 2.69. The summed E-state index contributed by atoms with van der Waals surface area (Å²) in [6, 6.07) is -0.986. The van der Waals surface area contributed by atoms with Crippen LogP contribution in [0.2, 0.25) is 0 Å². The normalized spacial score (nSPS) is 10.6. The second kappa shape index (κ2) is 24.8. The molecular formula is C18H38N2O8. The molecule has 10 nitrogen and oxygen atoms in total. The molecule has 0 bridgehead atoms. The third-order valence-electron chi connectivity index (χ3n) is 2.34. The van der Waals surface area contributed by atoms with Crippen molar-refractivity contribution in [3.05, 3.63) is 0 Å². The van der Waals surface area contributed by atoms with E-state index in [4.69, 9.17) is 11.5 Å². The van der Waals surface area contributed by atoms with E-state index in [0.717, 1.165) is 0 Å². The van der Waals surface area contributed by atoms with E-state index in [9.17, 15) is 19.2 Å². The fourth-order valence-corrected chi connectivity index (χ4v) is 0.867. The van der Waals surface area contributed by atoms with Gasteiger partial charge in [0.05, 0.1) is 27.4 Å². The Kier molecular flexibility index (Phi) is 29.6. The van der Waals surface area contributed by atoms with Crippen LogP contribution in [0.5, 0.6) is 0 Å². The van der Waals surface area contributed by atoms with Gasteiger partial charge in [0.25, 0.3) is 0 Å². The first kappa shape index (κ1) is 33.4. The maximum atomic E-state index is 10.4. The number of rotatable bonds is 6. The zero-order valence-electron chi connectivity index (χ0n) is 18.4. The zero-order chi connectivity index (χ0) is 23.1. The van der Waals surface area contributed by atoms with Gasteiger partial charge in [-0.1, -0.05) is 13.8 Å². The van der Waals surface area contributed by atoms with E-state index in [2.05, 4.69) is 18.9 Å². The molecule has 0 aromatic carbocycles. The highest BCUT2D eigenvalue weighted by Gasteiger charge is 2.05. The standard InChI is InChI=1S/C5H11NO2.C5H10O2.C4H9NO2.C4H8O2/c1-3-8-5(7)4(2)6;1-3-5(6)7-4-2;1-3(5)4(6)7-2;1-3-4(5)6-2/h4H,3,6H2,1-2H3;3-4H2,1-2H3;3H,5H2,1-2H3;3H2,1-2H3. The first-order valence-electron chi connectivity index (χ1n) is 8.96. The molecule has 0 saturated carbocycles. The summed E-state index contributed by atoms with van der Waals surface area (Å²) in [6.45, 7) is 11.1. The van der Waals surface area contributed by atoms with Crippen LogP contribution in [0.15, 0.2) is 0 Å². The maximum Gasteiger partial charge on any atom is 0.322 e. The van der Waals surface area contributed by atoms with Crippen molar-refractivity contribution in [1.82, 2.24) is 0 Å². The van der Waals surface area contributed by atoms with Crippen LogP contribution >= 0.6 is 0 Å². The molecule has 4 N–H and O–H groups in total. The van der Waals surface area contributed by atoms with Crippen LogP contribution in [0.25, 0.3) is 0 Å². The fourth-order valence-electron chi connectivity index (χ4n) is 0.867. The monoisotopic (exact) mass is 410 g/mol. The number of hydrogen-bond acceptors (Lipinski definition) is 10. The molecule has 0 spiro atoms. The lowest BCUT2D eigenvalue weighted by molar-refractivity contribution is -0.144. The fraction of sp³-hybridized carbons (Fsp3) is 0.778. The molecule has 168 valence electrons. The Morgan fingerprint density at radius 1 is 0.679 bits per heavy atom. The second-order valence-corrected chi connectivity index (χ2v) is 4.94. The Bertz CT molecular complexity index is 406. The topological polar surface area (TPSA) is 157 Å². The molecule has 0 heterocycles. The smallest absolute Gasteiger partial charge is 0.322 e. The van der Waals surface area contributed by atoms with Crippen LogP contribution in [0.4, 0.5) is 0 Å². The molecular weight excluding hydrogens is 372 g/mol. The molecule has 10 heteroatoms. The Labute approximate surface area is 168 Å². The summed E-state index contributed by atoms with van der Waals surface area (Å²) in [5.41, 5.74) is 10.2. The highest BCUT2D eigenvalue weighted by Crippen LogP contribution is 1.81. The van der Waals surface area contributed by atoms with E-state index in [1.807, 2.05) is 0 Å². The Balaban J connectivity index is -0.000000138. The van der Waals surface area contributed by atoms with Crippen molar-refractivity contribution in [3.8, 4) is 0 Å². The predicted octanol–water partition coefficient (Wildman–Crippen LogP) is 0.932. The molecule has 0 fully saturated rings. The van der Waals surface area contributed by atoms with Gasteiger partial charge in [-0.2, -0.15) is 0 Å². The third kappa shape index (κ3) is 31.6. The van der Waals surface area contributed by atoms with Crippen molar-refractivity contribution in [1.29, 1.82) is 0 Å². The molecule has 0 saturated heterocycles. The summed E-state index contributed by atoms with van der Waals surface area (Å²) in [4.78, 5) is 40.7. The van der Waals surface area contributed by atoms with Gasteiger partial charge in [0.2, 0.25) is 0 Å². The van der Waals surface area contributed by atoms with Crippen molar-refractivity contribution >= 4 is 23.9 Å². The number of esters is 4. The van der Waals surface area contributed by atoms with Crippen molar-refractivity contribution < 1.29 is 38.1 Å². The minimum absolute atomic E-state index is 0.123. The van der Waals surface area contributed by atoms with Crippen LogP contribution in [0.3, 0.4) is 0 Å². The molecule has 0 radical (unpaired) electrons. The molecule has 0 amide bonds. The van der Waals surface area contributed by atoms with Gasteiger partial charge < -0.3 is 30.4 Å². The first-order valence-corrected chi connectivity index (χ1v) is 8.96. The molecule has 0 rings (SSSR count). The van der Waals surface area contributed by atoms with Gasteiger partial charge in [-0.15, -0.1) is 0 Å². The van der Waals surface area contributed by atoms with E-state index >= 15 is 0 Å². The molecule has 0 aliphatic rings. The lowest BCUT2D eigenvalue weighted by Gasteiger charge is -2.02. The van der Waals surface area contributed by atoms with Gasteiger partial charge in [0.15, 0.2) is 0 Å². The van der Waals surface area contributed by atoms with E-state index < -0.39 is 12.1 Å². The lowest BCUT2D eigenvalue weighted by atomic mass is 10.4. The SMILES string of the molecule is CCC(=O)OC.CCOC(=O)C(C)N.CCOC(=O)CC.COC(=O)C(C)N. The van der Waals surface area contributed by atoms with Gasteiger partial charge in [0.1, 0.15) is 12.1 Å². The van der Waals surface area contributed by atoms with E-state index in [0.29, 0.717) is 26.1 Å². The van der Waals surface area contributed by atoms with Crippen LogP contribution in [-0.4, -0.2) is 63.4 Å². The summed E-state index contributed by atoms with van der Waals surface area (Å²) in [6.07, 6.45) is 0.949. The van der Waals surface area contributed by atoms with Crippen molar-refractivity contribution in [2.45, 2.75) is 66.5 Å². The quantitative estimate of drug-likeness (QED) is 0.476. The van der Waals surface area contributed by atoms with Gasteiger partial charge >= 0.3 is 23.9 Å². The number of nitrogens with two attached hydrogens (primary N) is 2. The highest BCUT2D eigenvalue weighted by molar-refractivity contribution is 5.75. The average molecular weight is 411 g/mol. The molecule has 0 aliphatic heterocycles. The molecule has 0 aromatic rings. The number of hydrogen-bond donors (Lipinski definition) is 2. The average Bonchev–Trinajstić information content (AvgIpc) is 2.68.